The molecule has 0 saturated heterocycles. The number of rotatable bonds is 2. The van der Waals surface area contributed by atoms with Gasteiger partial charge >= 0.3 is 6.18 Å². The van der Waals surface area contributed by atoms with Crippen LogP contribution in [0.15, 0.2) is 0 Å². The topological polar surface area (TPSA) is 26.0 Å². The second-order valence-corrected chi connectivity index (χ2v) is 5.40. The Labute approximate surface area is 89.2 Å². The summed E-state index contributed by atoms with van der Waals surface area (Å²) < 4.78 is 38.0. The summed E-state index contributed by atoms with van der Waals surface area (Å²) in [6.07, 6.45) is -0.894. The van der Waals surface area contributed by atoms with E-state index in [9.17, 15) is 13.2 Å². The molecule has 0 aliphatic heterocycles. The van der Waals surface area contributed by atoms with Gasteiger partial charge in [0.1, 0.15) is 0 Å². The van der Waals surface area contributed by atoms with Crippen LogP contribution in [0.4, 0.5) is 13.2 Å². The third kappa shape index (κ3) is 3.37. The lowest BCUT2D eigenvalue weighted by atomic mass is 9.68. The van der Waals surface area contributed by atoms with Gasteiger partial charge in [-0.1, -0.05) is 20.3 Å². The van der Waals surface area contributed by atoms with Gasteiger partial charge in [-0.15, -0.1) is 0 Å². The van der Waals surface area contributed by atoms with E-state index in [0.29, 0.717) is 12.8 Å². The lowest BCUT2D eigenvalue weighted by Crippen LogP contribution is -2.40. The lowest BCUT2D eigenvalue weighted by Gasteiger charge is -2.39. The van der Waals surface area contributed by atoms with Gasteiger partial charge in [0.25, 0.3) is 0 Å². The van der Waals surface area contributed by atoms with Crippen LogP contribution < -0.4 is 5.73 Å². The largest absolute Gasteiger partial charge is 0.393 e. The Morgan fingerprint density at radius 3 is 2.40 bits per heavy atom. The van der Waals surface area contributed by atoms with Crippen molar-refractivity contribution in [3.05, 3.63) is 0 Å². The van der Waals surface area contributed by atoms with Gasteiger partial charge in [-0.05, 0) is 30.6 Å². The van der Waals surface area contributed by atoms with Crippen molar-refractivity contribution < 1.29 is 13.2 Å². The minimum Gasteiger partial charge on any atom is -0.330 e. The van der Waals surface area contributed by atoms with Crippen molar-refractivity contribution in [2.75, 3.05) is 6.54 Å². The second-order valence-electron chi connectivity index (χ2n) is 5.40. The average molecular weight is 223 g/mol. The van der Waals surface area contributed by atoms with Gasteiger partial charge in [0.2, 0.25) is 0 Å². The molecule has 1 rings (SSSR count). The molecule has 0 heterocycles. The van der Waals surface area contributed by atoms with E-state index in [0.717, 1.165) is 12.8 Å². The molecule has 2 atom stereocenters. The minimum atomic E-state index is -4.13. The summed E-state index contributed by atoms with van der Waals surface area (Å²) in [5.41, 5.74) is 5.30. The average Bonchev–Trinajstić information content (AvgIpc) is 2.00. The molecular weight excluding hydrogens is 203 g/mol. The normalized spacial score (nSPS) is 28.8. The van der Waals surface area contributed by atoms with Crippen molar-refractivity contribution >= 4 is 0 Å². The van der Waals surface area contributed by atoms with Crippen LogP contribution in [0, 0.1) is 17.3 Å². The van der Waals surface area contributed by atoms with Crippen LogP contribution in [0.1, 0.15) is 39.5 Å². The van der Waals surface area contributed by atoms with E-state index in [4.69, 9.17) is 5.73 Å². The number of hydrogen-bond donors (Lipinski definition) is 1. The SMILES string of the molecule is CC1(C)CCCC(C(CN)C(F)(F)F)C1. The standard InChI is InChI=1S/C11H20F3N/c1-10(2)5-3-4-8(6-10)9(7-15)11(12,13)14/h8-9H,3-7,15H2,1-2H3. The summed E-state index contributed by atoms with van der Waals surface area (Å²) in [5.74, 6) is -1.59. The maximum atomic E-state index is 12.7. The molecule has 1 fully saturated rings. The molecule has 2 N–H and O–H groups in total. The van der Waals surface area contributed by atoms with Crippen LogP contribution in [-0.4, -0.2) is 12.7 Å². The van der Waals surface area contributed by atoms with Gasteiger partial charge in [0, 0.05) is 6.54 Å². The van der Waals surface area contributed by atoms with Crippen molar-refractivity contribution in [3.8, 4) is 0 Å². The van der Waals surface area contributed by atoms with Gasteiger partial charge in [0.05, 0.1) is 5.92 Å². The van der Waals surface area contributed by atoms with Crippen LogP contribution in [0.2, 0.25) is 0 Å². The maximum absolute atomic E-state index is 12.7. The van der Waals surface area contributed by atoms with E-state index >= 15 is 0 Å². The quantitative estimate of drug-likeness (QED) is 0.763. The van der Waals surface area contributed by atoms with Gasteiger partial charge in [-0.3, -0.25) is 0 Å². The van der Waals surface area contributed by atoms with Crippen LogP contribution in [0.3, 0.4) is 0 Å². The highest BCUT2D eigenvalue weighted by atomic mass is 19.4. The highest BCUT2D eigenvalue weighted by molar-refractivity contribution is 4.86. The Hall–Kier alpha value is -0.250. The Morgan fingerprint density at radius 2 is 2.00 bits per heavy atom. The van der Waals surface area contributed by atoms with Gasteiger partial charge < -0.3 is 5.73 Å². The van der Waals surface area contributed by atoms with Crippen LogP contribution in [-0.2, 0) is 0 Å². The Kier molecular flexibility index (Phi) is 3.69. The molecule has 0 aromatic heterocycles. The van der Waals surface area contributed by atoms with E-state index in [1.807, 2.05) is 13.8 Å². The number of hydrogen-bond acceptors (Lipinski definition) is 1. The summed E-state index contributed by atoms with van der Waals surface area (Å²) in [6, 6.07) is 0. The zero-order valence-electron chi connectivity index (χ0n) is 9.40. The van der Waals surface area contributed by atoms with Crippen LogP contribution in [0.5, 0.6) is 0 Å². The van der Waals surface area contributed by atoms with Crippen LogP contribution >= 0.6 is 0 Å². The Balaban J connectivity index is 2.69. The lowest BCUT2D eigenvalue weighted by molar-refractivity contribution is -0.191. The van der Waals surface area contributed by atoms with Gasteiger partial charge in [-0.25, -0.2) is 0 Å². The molecule has 0 radical (unpaired) electrons. The van der Waals surface area contributed by atoms with Gasteiger partial charge in [-0.2, -0.15) is 13.2 Å². The fourth-order valence-electron chi connectivity index (χ4n) is 2.69. The zero-order chi connectivity index (χ0) is 11.7. The van der Waals surface area contributed by atoms with Crippen molar-refractivity contribution in [2.24, 2.45) is 23.0 Å². The molecule has 90 valence electrons. The van der Waals surface area contributed by atoms with Gasteiger partial charge in [0.15, 0.2) is 0 Å². The van der Waals surface area contributed by atoms with Crippen molar-refractivity contribution in [1.82, 2.24) is 0 Å². The molecule has 1 nitrogen and oxygen atoms in total. The molecule has 1 aliphatic carbocycles. The van der Waals surface area contributed by atoms with E-state index in [1.54, 1.807) is 0 Å². The Morgan fingerprint density at radius 1 is 1.40 bits per heavy atom. The Bertz CT molecular complexity index is 210. The third-order valence-corrected chi connectivity index (χ3v) is 3.49. The summed E-state index contributed by atoms with van der Waals surface area (Å²) in [5, 5.41) is 0. The molecule has 0 aromatic carbocycles. The molecule has 0 aromatic rings. The molecular formula is C11H20F3N. The van der Waals surface area contributed by atoms with E-state index in [1.165, 1.54) is 0 Å². The van der Waals surface area contributed by atoms with Crippen LogP contribution in [0.25, 0.3) is 0 Å². The summed E-state index contributed by atoms with van der Waals surface area (Å²) in [7, 11) is 0. The summed E-state index contributed by atoms with van der Waals surface area (Å²) in [4.78, 5) is 0. The molecule has 1 saturated carbocycles. The first-order valence-electron chi connectivity index (χ1n) is 5.53. The smallest absolute Gasteiger partial charge is 0.330 e. The first-order chi connectivity index (χ1) is 6.76. The predicted octanol–water partition coefficient (Wildman–Crippen LogP) is 3.34. The predicted molar refractivity (Wildman–Crippen MR) is 54.3 cm³/mol. The van der Waals surface area contributed by atoms with Crippen molar-refractivity contribution in [2.45, 2.75) is 45.7 Å². The highest BCUT2D eigenvalue weighted by Crippen LogP contribution is 2.45. The van der Waals surface area contributed by atoms with E-state index in [2.05, 4.69) is 0 Å². The molecule has 0 spiro atoms. The molecule has 4 heteroatoms. The highest BCUT2D eigenvalue weighted by Gasteiger charge is 2.45. The number of nitrogens with two attached hydrogens (primary N) is 1. The maximum Gasteiger partial charge on any atom is 0.393 e. The molecule has 0 bridgehead atoms. The summed E-state index contributed by atoms with van der Waals surface area (Å²) in [6.45, 7) is 3.82. The first-order valence-corrected chi connectivity index (χ1v) is 5.53. The van der Waals surface area contributed by atoms with E-state index in [-0.39, 0.29) is 17.9 Å². The molecule has 2 unspecified atom stereocenters. The fourth-order valence-corrected chi connectivity index (χ4v) is 2.69. The fraction of sp³-hybridized carbons (Fsp3) is 1.00. The third-order valence-electron chi connectivity index (χ3n) is 3.49. The monoisotopic (exact) mass is 223 g/mol. The van der Waals surface area contributed by atoms with Crippen molar-refractivity contribution in [3.63, 3.8) is 0 Å². The minimum absolute atomic E-state index is 0.0432. The zero-order valence-corrected chi connectivity index (χ0v) is 9.40. The van der Waals surface area contributed by atoms with Crippen molar-refractivity contribution in [1.29, 1.82) is 0 Å². The number of halogens is 3. The van der Waals surface area contributed by atoms with E-state index < -0.39 is 12.1 Å². The molecule has 1 aliphatic rings. The second kappa shape index (κ2) is 4.32. The number of alkyl halides is 3. The summed E-state index contributed by atoms with van der Waals surface area (Å²) >= 11 is 0. The first kappa shape index (κ1) is 12.8. The molecule has 15 heavy (non-hydrogen) atoms. The molecule has 0 amide bonds.